The highest BCUT2D eigenvalue weighted by atomic mass is 19.3. The fraction of sp³-hybridized carbons (Fsp3) is 0.650. The second-order valence-electron chi connectivity index (χ2n) is 8.85. The Hall–Kier alpha value is -3.07. The minimum atomic E-state index is -2.81. The number of carbonyl (C=O) groups excluding carboxylic acids is 3. The Morgan fingerprint density at radius 2 is 2.00 bits per heavy atom. The highest BCUT2D eigenvalue weighted by Crippen LogP contribution is 2.35. The number of likely N-dealkylation sites (tertiary alicyclic amines) is 2. The normalized spacial score (nSPS) is 26.5. The molecule has 3 saturated heterocycles. The summed E-state index contributed by atoms with van der Waals surface area (Å²) in [6.07, 6.45) is -0.522. The molecule has 0 aromatic carbocycles. The van der Waals surface area contributed by atoms with Crippen LogP contribution in [0.25, 0.3) is 0 Å². The number of nitrogens with zero attached hydrogens (tertiary/aromatic N) is 4. The molecule has 0 radical (unpaired) electrons. The summed E-state index contributed by atoms with van der Waals surface area (Å²) < 4.78 is 27.2. The lowest BCUT2D eigenvalue weighted by Crippen LogP contribution is -2.43. The zero-order valence-electron chi connectivity index (χ0n) is 17.7. The molecule has 0 aromatic heterocycles. The number of carboxylic acid groups (broad SMARTS) is 1. The van der Waals surface area contributed by atoms with Crippen molar-refractivity contribution in [2.45, 2.75) is 44.6 Å². The number of amides is 3. The van der Waals surface area contributed by atoms with E-state index in [-0.39, 0.29) is 43.1 Å². The molecule has 0 saturated carbocycles. The summed E-state index contributed by atoms with van der Waals surface area (Å²) in [6, 6.07) is 1.85. The van der Waals surface area contributed by atoms with Gasteiger partial charge in [0.25, 0.3) is 23.6 Å². The van der Waals surface area contributed by atoms with Gasteiger partial charge < -0.3 is 10.0 Å². The summed E-state index contributed by atoms with van der Waals surface area (Å²) in [5.41, 5.74) is -1.13. The maximum Gasteiger partial charge on any atom is 0.531 e. The van der Waals surface area contributed by atoms with E-state index in [1.807, 2.05) is 6.07 Å². The standard InChI is InChI=1S/C20H24F2N4O6/c1-19(2,25-6-4-20(21,22)11-25)8-13(9-23)16(28)24-5-3-12(10-24)14-7-15(27)26(17(14)29)32-18(30)31/h8,12,14H,3-7,10-11H2,1-2H3,(H,30,31)/t12-,14?/m1/s1. The summed E-state index contributed by atoms with van der Waals surface area (Å²) in [5.74, 6) is -6.16. The van der Waals surface area contributed by atoms with Crippen LogP contribution in [0, 0.1) is 23.2 Å². The Kier molecular flexibility index (Phi) is 6.24. The fourth-order valence-electron chi connectivity index (χ4n) is 4.46. The first-order chi connectivity index (χ1) is 14.8. The third-order valence-corrected chi connectivity index (χ3v) is 6.22. The maximum atomic E-state index is 13.6. The van der Waals surface area contributed by atoms with Crippen molar-refractivity contribution in [2.24, 2.45) is 11.8 Å². The van der Waals surface area contributed by atoms with Gasteiger partial charge in [0.2, 0.25) is 0 Å². The van der Waals surface area contributed by atoms with Gasteiger partial charge in [-0.3, -0.25) is 24.1 Å². The molecule has 0 aromatic rings. The molecule has 3 amide bonds. The van der Waals surface area contributed by atoms with Crippen LogP contribution < -0.4 is 0 Å². The molecule has 3 aliphatic heterocycles. The summed E-state index contributed by atoms with van der Waals surface area (Å²) in [6.45, 7) is 3.34. The molecular formula is C20H24F2N4O6. The highest BCUT2D eigenvalue weighted by molar-refractivity contribution is 6.03. The smallest absolute Gasteiger partial charge is 0.448 e. The Labute approximate surface area is 182 Å². The van der Waals surface area contributed by atoms with Gasteiger partial charge in [0, 0.05) is 38.0 Å². The quantitative estimate of drug-likeness (QED) is 0.375. The number of hydrogen-bond acceptors (Lipinski definition) is 7. The molecule has 1 N–H and O–H groups in total. The lowest BCUT2D eigenvalue weighted by molar-refractivity contribution is -0.177. The fourth-order valence-corrected chi connectivity index (χ4v) is 4.46. The van der Waals surface area contributed by atoms with E-state index in [1.54, 1.807) is 13.8 Å². The monoisotopic (exact) mass is 454 g/mol. The van der Waals surface area contributed by atoms with Crippen molar-refractivity contribution in [3.8, 4) is 6.07 Å². The van der Waals surface area contributed by atoms with Crippen molar-refractivity contribution in [1.29, 1.82) is 5.26 Å². The highest BCUT2D eigenvalue weighted by Gasteiger charge is 2.48. The summed E-state index contributed by atoms with van der Waals surface area (Å²) in [5, 5.41) is 18.4. The molecule has 3 heterocycles. The third kappa shape index (κ3) is 4.72. The number of hydroxylamine groups is 2. The predicted molar refractivity (Wildman–Crippen MR) is 103 cm³/mol. The first kappa shape index (κ1) is 23.6. The number of nitriles is 1. The lowest BCUT2D eigenvalue weighted by atomic mass is 9.90. The van der Waals surface area contributed by atoms with Crippen molar-refractivity contribution in [3.63, 3.8) is 0 Å². The average molecular weight is 454 g/mol. The number of halogens is 2. The molecule has 12 heteroatoms. The molecule has 10 nitrogen and oxygen atoms in total. The third-order valence-electron chi connectivity index (χ3n) is 6.22. The van der Waals surface area contributed by atoms with Crippen LogP contribution in [-0.2, 0) is 19.2 Å². The summed E-state index contributed by atoms with van der Waals surface area (Å²) in [4.78, 5) is 55.0. The zero-order chi connectivity index (χ0) is 23.8. The van der Waals surface area contributed by atoms with Gasteiger partial charge in [0.15, 0.2) is 0 Å². The largest absolute Gasteiger partial charge is 0.531 e. The van der Waals surface area contributed by atoms with Gasteiger partial charge in [-0.15, -0.1) is 0 Å². The first-order valence-corrected chi connectivity index (χ1v) is 10.2. The second-order valence-corrected chi connectivity index (χ2v) is 8.85. The molecule has 2 atom stereocenters. The van der Waals surface area contributed by atoms with Crippen LogP contribution in [0.5, 0.6) is 0 Å². The van der Waals surface area contributed by atoms with Crippen LogP contribution in [0.3, 0.4) is 0 Å². The van der Waals surface area contributed by atoms with Crippen molar-refractivity contribution in [3.05, 3.63) is 11.6 Å². The van der Waals surface area contributed by atoms with Gasteiger partial charge in [0.1, 0.15) is 11.6 Å². The summed E-state index contributed by atoms with van der Waals surface area (Å²) >= 11 is 0. The SMILES string of the molecule is CC(C)(C=C(C#N)C(=O)N1CC[C@@H](C2CC(=O)N(OC(=O)O)C2=O)C1)N1CCC(F)(F)C1. The van der Waals surface area contributed by atoms with Crippen molar-refractivity contribution < 1.29 is 37.9 Å². The number of rotatable bonds is 5. The van der Waals surface area contributed by atoms with Gasteiger partial charge in [-0.05, 0) is 32.3 Å². The number of alkyl halides is 2. The lowest BCUT2D eigenvalue weighted by Gasteiger charge is -2.33. The molecule has 0 spiro atoms. The van der Waals surface area contributed by atoms with Gasteiger partial charge in [-0.25, -0.2) is 13.6 Å². The van der Waals surface area contributed by atoms with Crippen LogP contribution in [0.2, 0.25) is 0 Å². The van der Waals surface area contributed by atoms with Gasteiger partial charge >= 0.3 is 6.16 Å². The predicted octanol–water partition coefficient (Wildman–Crippen LogP) is 1.39. The average Bonchev–Trinajstić information content (AvgIpc) is 3.39. The van der Waals surface area contributed by atoms with E-state index in [0.29, 0.717) is 6.42 Å². The van der Waals surface area contributed by atoms with E-state index in [4.69, 9.17) is 5.11 Å². The van der Waals surface area contributed by atoms with E-state index >= 15 is 0 Å². The molecule has 1 unspecified atom stereocenters. The minimum absolute atomic E-state index is 0.102. The maximum absolute atomic E-state index is 13.6. The number of carbonyl (C=O) groups is 4. The van der Waals surface area contributed by atoms with Crippen LogP contribution in [-0.4, -0.2) is 81.5 Å². The molecule has 0 aliphatic carbocycles. The Balaban J connectivity index is 1.67. The van der Waals surface area contributed by atoms with Gasteiger partial charge in [-0.1, -0.05) is 5.06 Å². The van der Waals surface area contributed by atoms with Crippen LogP contribution in [0.1, 0.15) is 33.1 Å². The zero-order valence-corrected chi connectivity index (χ0v) is 17.7. The second kappa shape index (κ2) is 8.46. The molecule has 0 bridgehead atoms. The first-order valence-electron chi connectivity index (χ1n) is 10.2. The van der Waals surface area contributed by atoms with Crippen LogP contribution >= 0.6 is 0 Å². The van der Waals surface area contributed by atoms with E-state index in [9.17, 15) is 33.2 Å². The van der Waals surface area contributed by atoms with Crippen molar-refractivity contribution >= 4 is 23.9 Å². The number of hydrogen-bond donors (Lipinski definition) is 1. The summed E-state index contributed by atoms with van der Waals surface area (Å²) in [7, 11) is 0. The minimum Gasteiger partial charge on any atom is -0.448 e. The van der Waals surface area contributed by atoms with Crippen LogP contribution in [0.4, 0.5) is 13.6 Å². The van der Waals surface area contributed by atoms with Crippen LogP contribution in [0.15, 0.2) is 11.6 Å². The van der Waals surface area contributed by atoms with Crippen molar-refractivity contribution in [1.82, 2.24) is 14.9 Å². The van der Waals surface area contributed by atoms with E-state index in [2.05, 4.69) is 4.84 Å². The Morgan fingerprint density at radius 3 is 2.56 bits per heavy atom. The molecule has 3 fully saturated rings. The van der Waals surface area contributed by atoms with E-state index in [0.717, 1.165) is 0 Å². The molecular weight excluding hydrogens is 430 g/mol. The number of imide groups is 1. The molecule has 32 heavy (non-hydrogen) atoms. The van der Waals surface area contributed by atoms with E-state index in [1.165, 1.54) is 15.9 Å². The van der Waals surface area contributed by atoms with Gasteiger partial charge in [0.05, 0.1) is 12.5 Å². The van der Waals surface area contributed by atoms with Gasteiger partial charge in [-0.2, -0.15) is 5.26 Å². The Morgan fingerprint density at radius 1 is 1.31 bits per heavy atom. The van der Waals surface area contributed by atoms with Crippen molar-refractivity contribution in [2.75, 3.05) is 26.2 Å². The molecule has 3 rings (SSSR count). The molecule has 174 valence electrons. The van der Waals surface area contributed by atoms with E-state index < -0.39 is 53.7 Å². The topological polar surface area (TPSA) is 131 Å². The Bertz CT molecular complexity index is 912. The molecule has 3 aliphatic rings.